The maximum atomic E-state index is 13.9. The van der Waals surface area contributed by atoms with E-state index in [1.807, 2.05) is 24.5 Å². The predicted molar refractivity (Wildman–Crippen MR) is 115 cm³/mol. The van der Waals surface area contributed by atoms with Gasteiger partial charge in [0.25, 0.3) is 0 Å². The average Bonchev–Trinajstić information content (AvgIpc) is 3.19. The molecule has 1 aromatic carbocycles. The van der Waals surface area contributed by atoms with Crippen LogP contribution in [0.25, 0.3) is 0 Å². The molecule has 3 atom stereocenters. The third-order valence-electron chi connectivity index (χ3n) is 4.74. The summed E-state index contributed by atoms with van der Waals surface area (Å²) < 4.78 is 37.9. The van der Waals surface area contributed by atoms with Crippen molar-refractivity contribution in [3.63, 3.8) is 0 Å². The molecule has 0 radical (unpaired) electrons. The van der Waals surface area contributed by atoms with Gasteiger partial charge in [-0.15, -0.1) is 11.3 Å². The molecule has 0 spiro atoms. The summed E-state index contributed by atoms with van der Waals surface area (Å²) in [5.41, 5.74) is 2.28. The lowest BCUT2D eigenvalue weighted by Crippen LogP contribution is -2.31. The number of aromatic nitrogens is 1. The Kier molecular flexibility index (Phi) is 8.03. The van der Waals surface area contributed by atoms with E-state index in [1.165, 1.54) is 17.4 Å². The number of aryl methyl sites for hydroxylation is 1. The zero-order valence-electron chi connectivity index (χ0n) is 16.5. The Morgan fingerprint density at radius 1 is 1.43 bits per heavy atom. The van der Waals surface area contributed by atoms with E-state index >= 15 is 0 Å². The zero-order chi connectivity index (χ0) is 21.5. The number of hydrogen-bond acceptors (Lipinski definition) is 5. The highest BCUT2D eigenvalue weighted by Crippen LogP contribution is 2.27. The van der Waals surface area contributed by atoms with E-state index in [9.17, 15) is 17.9 Å². The molecule has 1 heterocycles. The van der Waals surface area contributed by atoms with E-state index in [2.05, 4.69) is 15.0 Å². The van der Waals surface area contributed by atoms with Crippen molar-refractivity contribution in [1.82, 2.24) is 15.0 Å². The molecule has 0 saturated heterocycles. The molecule has 6 nitrogen and oxygen atoms in total. The quantitative estimate of drug-likeness (QED) is 0.576. The zero-order valence-corrected chi connectivity index (χ0v) is 18.1. The second-order valence-corrected chi connectivity index (χ2v) is 8.55. The van der Waals surface area contributed by atoms with E-state index in [0.717, 1.165) is 22.7 Å². The maximum absolute atomic E-state index is 13.9. The molecule has 1 amide bonds. The standard InChI is InChI=1S/C21H24FN3O3S2/c1-2-16-13-29-21(23-16)19(11-14-7-9-17(10-8-14)25-30(27)28)24-20(26)12-15-5-3-4-6-18(15)22/h3-9,13,17,19,25H,2,10-12H2,1H3,(H,24,26)(H,27,28)/p-1/t17?,19-/m0/s1. The molecule has 3 rings (SSSR count). The van der Waals surface area contributed by atoms with Crippen molar-refractivity contribution in [3.8, 4) is 0 Å². The lowest BCUT2D eigenvalue weighted by atomic mass is 9.98. The molecule has 2 unspecified atom stereocenters. The number of rotatable bonds is 9. The molecule has 30 heavy (non-hydrogen) atoms. The second-order valence-electron chi connectivity index (χ2n) is 6.96. The van der Waals surface area contributed by atoms with Crippen LogP contribution in [0.15, 0.2) is 53.4 Å². The summed E-state index contributed by atoms with van der Waals surface area (Å²) in [6.07, 6.45) is 7.41. The van der Waals surface area contributed by atoms with E-state index in [1.54, 1.807) is 24.3 Å². The molecule has 1 aliphatic rings. The second kappa shape index (κ2) is 10.7. The first kappa shape index (κ1) is 22.5. The SMILES string of the molecule is CCc1csc([C@H](CC2=CCC(NS(=O)[O-])C=C2)NC(=O)Cc2ccccc2F)n1. The van der Waals surface area contributed by atoms with Gasteiger partial charge in [-0.1, -0.05) is 43.4 Å². The van der Waals surface area contributed by atoms with Crippen molar-refractivity contribution >= 4 is 28.5 Å². The third kappa shape index (κ3) is 6.40. The summed E-state index contributed by atoms with van der Waals surface area (Å²) >= 11 is -0.833. The smallest absolute Gasteiger partial charge is 0.225 e. The Morgan fingerprint density at radius 2 is 2.23 bits per heavy atom. The van der Waals surface area contributed by atoms with Crippen molar-refractivity contribution in [2.45, 2.75) is 44.7 Å². The number of hydrogen-bond donors (Lipinski definition) is 2. The average molecular weight is 449 g/mol. The van der Waals surface area contributed by atoms with Crippen molar-refractivity contribution < 1.29 is 17.9 Å². The van der Waals surface area contributed by atoms with Crippen LogP contribution in [-0.4, -0.2) is 25.7 Å². The fraction of sp³-hybridized carbons (Fsp3) is 0.333. The molecular formula is C21H23FN3O3S2-. The van der Waals surface area contributed by atoms with Gasteiger partial charge in [0.15, 0.2) is 0 Å². The van der Waals surface area contributed by atoms with Crippen LogP contribution in [0.4, 0.5) is 4.39 Å². The van der Waals surface area contributed by atoms with Crippen LogP contribution in [-0.2, 0) is 28.9 Å². The number of thiazole rings is 1. The largest absolute Gasteiger partial charge is 0.760 e. The molecule has 0 saturated carbocycles. The fourth-order valence-electron chi connectivity index (χ4n) is 3.17. The Morgan fingerprint density at radius 3 is 2.87 bits per heavy atom. The first-order valence-electron chi connectivity index (χ1n) is 9.64. The summed E-state index contributed by atoms with van der Waals surface area (Å²) in [5, 5.41) is 5.76. The molecule has 0 fully saturated rings. The van der Waals surface area contributed by atoms with Crippen molar-refractivity contribution in [3.05, 3.63) is 75.5 Å². The number of amides is 1. The molecule has 1 aromatic heterocycles. The van der Waals surface area contributed by atoms with Gasteiger partial charge in [-0.25, -0.2) is 14.1 Å². The predicted octanol–water partition coefficient (Wildman–Crippen LogP) is 3.27. The van der Waals surface area contributed by atoms with E-state index in [0.29, 0.717) is 18.4 Å². The van der Waals surface area contributed by atoms with Crippen molar-refractivity contribution in [2.24, 2.45) is 0 Å². The highest BCUT2D eigenvalue weighted by Gasteiger charge is 2.21. The molecule has 160 valence electrons. The normalized spacial score (nSPS) is 18.0. The van der Waals surface area contributed by atoms with Gasteiger partial charge < -0.3 is 9.87 Å². The highest BCUT2D eigenvalue weighted by atomic mass is 32.2. The third-order valence-corrected chi connectivity index (χ3v) is 6.24. The van der Waals surface area contributed by atoms with Gasteiger partial charge in [-0.05, 0) is 36.5 Å². The van der Waals surface area contributed by atoms with E-state index < -0.39 is 17.1 Å². The van der Waals surface area contributed by atoms with Gasteiger partial charge >= 0.3 is 0 Å². The number of nitrogens with zero attached hydrogens (tertiary/aromatic N) is 1. The maximum Gasteiger partial charge on any atom is 0.225 e. The molecule has 0 aliphatic heterocycles. The molecule has 2 aromatic rings. The Labute approximate surface area is 181 Å². The topological polar surface area (TPSA) is 94.1 Å². The van der Waals surface area contributed by atoms with E-state index in [4.69, 9.17) is 0 Å². The van der Waals surface area contributed by atoms with Gasteiger partial charge in [0.1, 0.15) is 10.8 Å². The summed E-state index contributed by atoms with van der Waals surface area (Å²) in [5.74, 6) is -0.682. The number of carbonyl (C=O) groups excluding carboxylic acids is 1. The molecule has 2 N–H and O–H groups in total. The first-order chi connectivity index (χ1) is 14.4. The number of nitrogens with one attached hydrogen (secondary N) is 2. The molecule has 1 aliphatic carbocycles. The molecule has 0 bridgehead atoms. The van der Waals surface area contributed by atoms with Crippen LogP contribution in [0.1, 0.15) is 42.1 Å². The molecule has 9 heteroatoms. The Balaban J connectivity index is 1.70. The first-order valence-corrected chi connectivity index (χ1v) is 11.6. The minimum absolute atomic E-state index is 0.0502. The van der Waals surface area contributed by atoms with E-state index in [-0.39, 0.29) is 24.4 Å². The minimum atomic E-state index is -2.32. The Bertz CT molecular complexity index is 974. The van der Waals surface area contributed by atoms with Crippen molar-refractivity contribution in [2.75, 3.05) is 0 Å². The monoisotopic (exact) mass is 448 g/mol. The summed E-state index contributed by atoms with van der Waals surface area (Å²) in [6.45, 7) is 2.02. The number of carbonyl (C=O) groups is 1. The van der Waals surface area contributed by atoms with Crippen LogP contribution < -0.4 is 10.0 Å². The molecular weight excluding hydrogens is 425 g/mol. The van der Waals surface area contributed by atoms with Gasteiger partial charge in [0.05, 0.1) is 18.2 Å². The van der Waals surface area contributed by atoms with Gasteiger partial charge in [0, 0.05) is 22.7 Å². The van der Waals surface area contributed by atoms with Gasteiger partial charge in [-0.2, -0.15) is 0 Å². The number of benzene rings is 1. The number of allylic oxidation sites excluding steroid dienone is 1. The van der Waals surface area contributed by atoms with Crippen LogP contribution in [0, 0.1) is 5.82 Å². The summed E-state index contributed by atoms with van der Waals surface area (Å²) in [6, 6.07) is 5.62. The fourth-order valence-corrected chi connectivity index (χ4v) is 4.54. The van der Waals surface area contributed by atoms with Gasteiger partial charge in [-0.3, -0.25) is 9.00 Å². The number of halogens is 1. The lowest BCUT2D eigenvalue weighted by molar-refractivity contribution is -0.121. The van der Waals surface area contributed by atoms with Crippen LogP contribution in [0.2, 0.25) is 0 Å². The highest BCUT2D eigenvalue weighted by molar-refractivity contribution is 7.77. The lowest BCUT2D eigenvalue weighted by Gasteiger charge is -2.22. The Hall–Kier alpha value is -2.20. The minimum Gasteiger partial charge on any atom is -0.760 e. The van der Waals surface area contributed by atoms with Crippen LogP contribution in [0.5, 0.6) is 0 Å². The van der Waals surface area contributed by atoms with Crippen LogP contribution in [0.3, 0.4) is 0 Å². The van der Waals surface area contributed by atoms with Crippen molar-refractivity contribution in [1.29, 1.82) is 0 Å². The summed E-state index contributed by atoms with van der Waals surface area (Å²) in [7, 11) is 0. The van der Waals surface area contributed by atoms with Crippen LogP contribution >= 0.6 is 11.3 Å². The summed E-state index contributed by atoms with van der Waals surface area (Å²) in [4.78, 5) is 17.2. The van der Waals surface area contributed by atoms with Gasteiger partial charge in [0.2, 0.25) is 5.91 Å².